The predicted octanol–water partition coefficient (Wildman–Crippen LogP) is 3.48. The number of esters is 1. The number of aryl methyl sites for hydroxylation is 1. The van der Waals surface area contributed by atoms with E-state index in [4.69, 9.17) is 4.74 Å². The SMILES string of the molecule is CCOC(=O)c1ccc2c(c1)CCCC2(C)C. The van der Waals surface area contributed by atoms with Crippen LogP contribution in [0.2, 0.25) is 0 Å². The summed E-state index contributed by atoms with van der Waals surface area (Å²) in [5.74, 6) is -0.210. The summed E-state index contributed by atoms with van der Waals surface area (Å²) in [5.41, 5.74) is 3.62. The predicted molar refractivity (Wildman–Crippen MR) is 68.4 cm³/mol. The second-order valence-electron chi connectivity index (χ2n) is 5.33. The number of carbonyl (C=O) groups is 1. The van der Waals surface area contributed by atoms with Crippen molar-refractivity contribution < 1.29 is 9.53 Å². The quantitative estimate of drug-likeness (QED) is 0.730. The van der Waals surface area contributed by atoms with Crippen molar-refractivity contribution in [2.24, 2.45) is 0 Å². The molecule has 0 heterocycles. The van der Waals surface area contributed by atoms with E-state index in [0.717, 1.165) is 6.42 Å². The Morgan fingerprint density at radius 3 is 2.88 bits per heavy atom. The number of rotatable bonds is 2. The van der Waals surface area contributed by atoms with Crippen molar-refractivity contribution in [3.8, 4) is 0 Å². The van der Waals surface area contributed by atoms with E-state index in [0.29, 0.717) is 12.2 Å². The standard InChI is InChI=1S/C15H20O2/c1-4-17-14(16)12-7-8-13-11(10-12)6-5-9-15(13,2)3/h7-8,10H,4-6,9H2,1-3H3. The molecular formula is C15H20O2. The smallest absolute Gasteiger partial charge is 0.338 e. The van der Waals surface area contributed by atoms with E-state index in [-0.39, 0.29) is 11.4 Å². The Kier molecular flexibility index (Phi) is 3.23. The molecule has 0 aliphatic heterocycles. The van der Waals surface area contributed by atoms with Crippen LogP contribution in [-0.4, -0.2) is 12.6 Å². The molecule has 2 nitrogen and oxygen atoms in total. The van der Waals surface area contributed by atoms with Crippen LogP contribution in [0, 0.1) is 0 Å². The summed E-state index contributed by atoms with van der Waals surface area (Å²) in [6.45, 7) is 6.81. The third-order valence-corrected chi connectivity index (χ3v) is 3.59. The third kappa shape index (κ3) is 2.36. The molecular weight excluding hydrogens is 212 g/mol. The molecule has 1 aliphatic rings. The van der Waals surface area contributed by atoms with Crippen molar-refractivity contribution in [1.82, 2.24) is 0 Å². The second kappa shape index (κ2) is 4.52. The molecule has 2 rings (SSSR count). The molecule has 0 saturated heterocycles. The van der Waals surface area contributed by atoms with Gasteiger partial charge in [-0.3, -0.25) is 0 Å². The Morgan fingerprint density at radius 2 is 2.18 bits per heavy atom. The highest BCUT2D eigenvalue weighted by molar-refractivity contribution is 5.89. The van der Waals surface area contributed by atoms with Crippen molar-refractivity contribution in [1.29, 1.82) is 0 Å². The molecule has 0 amide bonds. The van der Waals surface area contributed by atoms with Crippen LogP contribution >= 0.6 is 0 Å². The van der Waals surface area contributed by atoms with Crippen molar-refractivity contribution in [3.63, 3.8) is 0 Å². The van der Waals surface area contributed by atoms with Gasteiger partial charge in [-0.15, -0.1) is 0 Å². The maximum absolute atomic E-state index is 11.7. The van der Waals surface area contributed by atoms with Gasteiger partial charge in [-0.2, -0.15) is 0 Å². The summed E-state index contributed by atoms with van der Waals surface area (Å²) < 4.78 is 5.03. The van der Waals surface area contributed by atoms with Crippen LogP contribution in [0.3, 0.4) is 0 Å². The fourth-order valence-corrected chi connectivity index (χ4v) is 2.66. The minimum absolute atomic E-state index is 0.210. The molecule has 92 valence electrons. The van der Waals surface area contributed by atoms with Gasteiger partial charge in [0.05, 0.1) is 12.2 Å². The second-order valence-corrected chi connectivity index (χ2v) is 5.33. The van der Waals surface area contributed by atoms with Gasteiger partial charge in [-0.25, -0.2) is 4.79 Å². The first kappa shape index (κ1) is 12.2. The van der Waals surface area contributed by atoms with Gasteiger partial charge in [-0.1, -0.05) is 19.9 Å². The molecule has 0 fully saturated rings. The van der Waals surface area contributed by atoms with Crippen molar-refractivity contribution >= 4 is 5.97 Å². The lowest BCUT2D eigenvalue weighted by molar-refractivity contribution is 0.0526. The van der Waals surface area contributed by atoms with Gasteiger partial charge in [0, 0.05) is 0 Å². The van der Waals surface area contributed by atoms with Gasteiger partial charge < -0.3 is 4.74 Å². The number of carbonyl (C=O) groups excluding carboxylic acids is 1. The van der Waals surface area contributed by atoms with Gasteiger partial charge in [0.25, 0.3) is 0 Å². The minimum atomic E-state index is -0.210. The topological polar surface area (TPSA) is 26.3 Å². The van der Waals surface area contributed by atoms with Crippen molar-refractivity contribution in [2.75, 3.05) is 6.61 Å². The Bertz CT molecular complexity index is 433. The van der Waals surface area contributed by atoms with Gasteiger partial charge in [-0.05, 0) is 54.9 Å². The summed E-state index contributed by atoms with van der Waals surface area (Å²) in [7, 11) is 0. The van der Waals surface area contributed by atoms with E-state index in [1.165, 1.54) is 24.0 Å². The Balaban J connectivity index is 2.34. The molecule has 2 heteroatoms. The number of hydrogen-bond acceptors (Lipinski definition) is 2. The highest BCUT2D eigenvalue weighted by atomic mass is 16.5. The monoisotopic (exact) mass is 232 g/mol. The van der Waals surface area contributed by atoms with Gasteiger partial charge in [0.15, 0.2) is 0 Å². The van der Waals surface area contributed by atoms with Crippen LogP contribution < -0.4 is 0 Å². The molecule has 1 aromatic rings. The lowest BCUT2D eigenvalue weighted by atomic mass is 9.72. The number of ether oxygens (including phenoxy) is 1. The molecule has 0 spiro atoms. The number of fused-ring (bicyclic) bond motifs is 1. The van der Waals surface area contributed by atoms with Crippen LogP contribution in [0.25, 0.3) is 0 Å². The summed E-state index contributed by atoms with van der Waals surface area (Å²) in [5, 5.41) is 0. The Morgan fingerprint density at radius 1 is 1.41 bits per heavy atom. The minimum Gasteiger partial charge on any atom is -0.462 e. The van der Waals surface area contributed by atoms with Gasteiger partial charge in [0.1, 0.15) is 0 Å². The van der Waals surface area contributed by atoms with E-state index in [1.54, 1.807) is 0 Å². The Labute approximate surface area is 103 Å². The first-order valence-electron chi connectivity index (χ1n) is 6.35. The zero-order chi connectivity index (χ0) is 12.5. The molecule has 1 aliphatic carbocycles. The average molecular weight is 232 g/mol. The van der Waals surface area contributed by atoms with E-state index in [1.807, 2.05) is 19.1 Å². The zero-order valence-electron chi connectivity index (χ0n) is 10.9. The van der Waals surface area contributed by atoms with Crippen LogP contribution in [0.15, 0.2) is 18.2 Å². The van der Waals surface area contributed by atoms with E-state index in [2.05, 4.69) is 19.9 Å². The van der Waals surface area contributed by atoms with Crippen LogP contribution in [0.1, 0.15) is 55.1 Å². The lowest BCUT2D eigenvalue weighted by Crippen LogP contribution is -2.24. The van der Waals surface area contributed by atoms with E-state index >= 15 is 0 Å². The molecule has 0 radical (unpaired) electrons. The van der Waals surface area contributed by atoms with Gasteiger partial charge in [0.2, 0.25) is 0 Å². The lowest BCUT2D eigenvalue weighted by Gasteiger charge is -2.32. The van der Waals surface area contributed by atoms with Crippen LogP contribution in [-0.2, 0) is 16.6 Å². The normalized spacial score (nSPS) is 17.4. The first-order valence-corrected chi connectivity index (χ1v) is 6.35. The molecule has 0 bridgehead atoms. The Hall–Kier alpha value is -1.31. The van der Waals surface area contributed by atoms with Crippen molar-refractivity contribution in [2.45, 2.75) is 45.4 Å². The van der Waals surface area contributed by atoms with E-state index < -0.39 is 0 Å². The van der Waals surface area contributed by atoms with Crippen LogP contribution in [0.5, 0.6) is 0 Å². The molecule has 0 atom stereocenters. The average Bonchev–Trinajstić information content (AvgIpc) is 2.28. The molecule has 0 aromatic heterocycles. The zero-order valence-corrected chi connectivity index (χ0v) is 10.9. The summed E-state index contributed by atoms with van der Waals surface area (Å²) in [6.07, 6.45) is 3.50. The highest BCUT2D eigenvalue weighted by Gasteiger charge is 2.27. The van der Waals surface area contributed by atoms with Crippen LogP contribution in [0.4, 0.5) is 0 Å². The summed E-state index contributed by atoms with van der Waals surface area (Å²) in [4.78, 5) is 11.7. The fraction of sp³-hybridized carbons (Fsp3) is 0.533. The number of hydrogen-bond donors (Lipinski definition) is 0. The molecule has 0 saturated carbocycles. The van der Waals surface area contributed by atoms with E-state index in [9.17, 15) is 4.79 Å². The molecule has 17 heavy (non-hydrogen) atoms. The molecule has 0 N–H and O–H groups in total. The van der Waals surface area contributed by atoms with Gasteiger partial charge >= 0.3 is 5.97 Å². The highest BCUT2D eigenvalue weighted by Crippen LogP contribution is 2.36. The summed E-state index contributed by atoms with van der Waals surface area (Å²) >= 11 is 0. The molecule has 1 aromatic carbocycles. The molecule has 0 unspecified atom stereocenters. The first-order chi connectivity index (χ1) is 8.04. The maximum Gasteiger partial charge on any atom is 0.338 e. The number of benzene rings is 1. The summed E-state index contributed by atoms with van der Waals surface area (Å²) in [6, 6.07) is 6.00. The van der Waals surface area contributed by atoms with Crippen molar-refractivity contribution in [3.05, 3.63) is 34.9 Å². The fourth-order valence-electron chi connectivity index (χ4n) is 2.66. The maximum atomic E-state index is 11.7. The third-order valence-electron chi connectivity index (χ3n) is 3.59. The largest absolute Gasteiger partial charge is 0.462 e.